The van der Waals surface area contributed by atoms with Crippen LogP contribution in [0.5, 0.6) is 0 Å². The summed E-state index contributed by atoms with van der Waals surface area (Å²) in [5, 5.41) is 12.2. The highest BCUT2D eigenvalue weighted by atomic mass is 35.5. The van der Waals surface area contributed by atoms with Crippen LogP contribution < -0.4 is 0 Å². The molecule has 0 aliphatic rings. The molecule has 0 N–H and O–H groups in total. The van der Waals surface area contributed by atoms with Gasteiger partial charge in [-0.05, 0) is 6.92 Å². The monoisotopic (exact) mass is 239 g/mol. The van der Waals surface area contributed by atoms with Gasteiger partial charge in [0.2, 0.25) is 0 Å². The molecule has 7 heteroatoms. The van der Waals surface area contributed by atoms with Gasteiger partial charge in [-0.1, -0.05) is 16.8 Å². The van der Waals surface area contributed by atoms with Crippen LogP contribution in [0.1, 0.15) is 21.7 Å². The molecule has 16 heavy (non-hydrogen) atoms. The molecule has 0 bridgehead atoms. The molecule has 0 spiro atoms. The summed E-state index contributed by atoms with van der Waals surface area (Å²) in [6.45, 7) is 2.33. The van der Waals surface area contributed by atoms with E-state index < -0.39 is 0 Å². The van der Waals surface area contributed by atoms with Crippen LogP contribution in [0.15, 0.2) is 6.20 Å². The summed E-state index contributed by atoms with van der Waals surface area (Å²) in [6, 6.07) is 0. The highest BCUT2D eigenvalue weighted by molar-refractivity contribution is 6.30. The van der Waals surface area contributed by atoms with E-state index in [9.17, 15) is 4.79 Å². The highest BCUT2D eigenvalue weighted by Gasteiger charge is 2.12. The molecule has 0 aliphatic carbocycles. The topological polar surface area (TPSA) is 65.6 Å². The van der Waals surface area contributed by atoms with E-state index in [0.717, 1.165) is 11.3 Å². The fourth-order valence-corrected chi connectivity index (χ4v) is 1.69. The first-order valence-corrected chi connectivity index (χ1v) is 5.03. The number of nitrogens with zero attached hydrogens (tertiary/aromatic N) is 5. The van der Waals surface area contributed by atoms with Crippen LogP contribution in [-0.4, -0.2) is 31.1 Å². The van der Waals surface area contributed by atoms with Gasteiger partial charge in [0.1, 0.15) is 10.8 Å². The molecule has 2 rings (SSSR count). The Hall–Kier alpha value is -1.69. The van der Waals surface area contributed by atoms with E-state index in [1.165, 1.54) is 0 Å². The first-order chi connectivity index (χ1) is 7.61. The van der Waals surface area contributed by atoms with Gasteiger partial charge in [-0.3, -0.25) is 9.48 Å². The minimum Gasteiger partial charge on any atom is -0.296 e. The largest absolute Gasteiger partial charge is 0.296 e. The molecule has 0 aromatic carbocycles. The summed E-state index contributed by atoms with van der Waals surface area (Å²) in [5.74, 6) is 0. The Morgan fingerprint density at radius 1 is 1.56 bits per heavy atom. The second-order valence-electron chi connectivity index (χ2n) is 3.44. The number of halogens is 1. The van der Waals surface area contributed by atoms with E-state index in [2.05, 4.69) is 15.4 Å². The molecule has 0 fully saturated rings. The number of hydrogen-bond donors (Lipinski definition) is 0. The van der Waals surface area contributed by atoms with Crippen LogP contribution in [0, 0.1) is 6.92 Å². The van der Waals surface area contributed by atoms with Crippen LogP contribution >= 0.6 is 11.6 Å². The van der Waals surface area contributed by atoms with Gasteiger partial charge >= 0.3 is 0 Å². The fourth-order valence-electron chi connectivity index (χ4n) is 1.46. The summed E-state index contributed by atoms with van der Waals surface area (Å²) in [6.07, 6.45) is 2.22. The summed E-state index contributed by atoms with van der Waals surface area (Å²) in [4.78, 5) is 10.5. The van der Waals surface area contributed by atoms with E-state index in [1.54, 1.807) is 22.6 Å². The maximum absolute atomic E-state index is 10.5. The standard InChI is InChI=1S/C9H10ClN5O/c1-6-8(9(10)14(2)12-6)4-15-3-7(5-16)11-13-15/h3,5H,4H2,1-2H3. The molecule has 0 saturated carbocycles. The quantitative estimate of drug-likeness (QED) is 0.745. The Labute approximate surface area is 96.8 Å². The smallest absolute Gasteiger partial charge is 0.171 e. The SMILES string of the molecule is Cc1nn(C)c(Cl)c1Cn1cc(C=O)nn1. The van der Waals surface area contributed by atoms with Crippen LogP contribution in [0.4, 0.5) is 0 Å². The Kier molecular flexibility index (Phi) is 2.74. The summed E-state index contributed by atoms with van der Waals surface area (Å²) in [7, 11) is 1.77. The molecule has 6 nitrogen and oxygen atoms in total. The molecule has 0 radical (unpaired) electrons. The first-order valence-electron chi connectivity index (χ1n) is 4.65. The highest BCUT2D eigenvalue weighted by Crippen LogP contribution is 2.19. The lowest BCUT2D eigenvalue weighted by molar-refractivity contribution is 0.111. The molecule has 0 unspecified atom stereocenters. The van der Waals surface area contributed by atoms with Gasteiger partial charge in [0, 0.05) is 12.6 Å². The second-order valence-corrected chi connectivity index (χ2v) is 3.80. The van der Waals surface area contributed by atoms with E-state index in [1.807, 2.05) is 6.92 Å². The number of aryl methyl sites for hydroxylation is 2. The van der Waals surface area contributed by atoms with Gasteiger partial charge in [0.15, 0.2) is 6.29 Å². The summed E-state index contributed by atoms with van der Waals surface area (Å²) >= 11 is 6.07. The molecule has 0 atom stereocenters. The van der Waals surface area contributed by atoms with Crippen LogP contribution in [-0.2, 0) is 13.6 Å². The van der Waals surface area contributed by atoms with Crippen molar-refractivity contribution in [2.75, 3.05) is 0 Å². The average Bonchev–Trinajstić information content (AvgIpc) is 2.80. The van der Waals surface area contributed by atoms with Crippen molar-refractivity contribution in [1.82, 2.24) is 24.8 Å². The van der Waals surface area contributed by atoms with Gasteiger partial charge < -0.3 is 0 Å². The molecule has 0 saturated heterocycles. The first kappa shape index (κ1) is 10.8. The summed E-state index contributed by atoms with van der Waals surface area (Å²) < 4.78 is 3.16. The normalized spacial score (nSPS) is 10.7. The van der Waals surface area contributed by atoms with Gasteiger partial charge in [0.05, 0.1) is 18.4 Å². The van der Waals surface area contributed by atoms with Crippen LogP contribution in [0.25, 0.3) is 0 Å². The molecule has 84 valence electrons. The minimum atomic E-state index is 0.303. The van der Waals surface area contributed by atoms with E-state index in [4.69, 9.17) is 11.6 Å². The van der Waals surface area contributed by atoms with E-state index in [0.29, 0.717) is 23.7 Å². The van der Waals surface area contributed by atoms with Gasteiger partial charge in [-0.15, -0.1) is 5.10 Å². The number of carbonyl (C=O) groups is 1. The lowest BCUT2D eigenvalue weighted by atomic mass is 10.2. The minimum absolute atomic E-state index is 0.303. The van der Waals surface area contributed by atoms with Crippen molar-refractivity contribution >= 4 is 17.9 Å². The number of rotatable bonds is 3. The zero-order valence-corrected chi connectivity index (χ0v) is 9.64. The lowest BCUT2D eigenvalue weighted by Gasteiger charge is -1.99. The van der Waals surface area contributed by atoms with Crippen LogP contribution in [0.2, 0.25) is 5.15 Å². The number of aldehydes is 1. The molecule has 2 aromatic heterocycles. The summed E-state index contributed by atoms with van der Waals surface area (Å²) in [5.41, 5.74) is 2.03. The van der Waals surface area contributed by atoms with Crippen molar-refractivity contribution in [2.24, 2.45) is 7.05 Å². The fraction of sp³-hybridized carbons (Fsp3) is 0.333. The number of aromatic nitrogens is 5. The van der Waals surface area contributed by atoms with Crippen molar-refractivity contribution < 1.29 is 4.79 Å². The lowest BCUT2D eigenvalue weighted by Crippen LogP contribution is -2.01. The van der Waals surface area contributed by atoms with Crippen molar-refractivity contribution in [3.05, 3.63) is 28.3 Å². The van der Waals surface area contributed by atoms with Gasteiger partial charge in [-0.25, -0.2) is 4.68 Å². The third-order valence-corrected chi connectivity index (χ3v) is 2.74. The number of hydrogen-bond acceptors (Lipinski definition) is 4. The Bertz CT molecular complexity index is 530. The van der Waals surface area contributed by atoms with Crippen LogP contribution in [0.3, 0.4) is 0 Å². The molecule has 0 aliphatic heterocycles. The average molecular weight is 240 g/mol. The third-order valence-electron chi connectivity index (χ3n) is 2.27. The molecule has 2 heterocycles. The predicted octanol–water partition coefficient (Wildman–Crippen LogP) is 0.834. The second kappa shape index (κ2) is 4.05. The molecule has 0 amide bonds. The Morgan fingerprint density at radius 3 is 2.81 bits per heavy atom. The maximum atomic E-state index is 10.5. The Balaban J connectivity index is 2.29. The zero-order chi connectivity index (χ0) is 11.7. The third kappa shape index (κ3) is 1.83. The number of carbonyl (C=O) groups excluding carboxylic acids is 1. The Morgan fingerprint density at radius 2 is 2.31 bits per heavy atom. The molecular formula is C9H10ClN5O. The maximum Gasteiger partial charge on any atom is 0.171 e. The van der Waals surface area contributed by atoms with E-state index >= 15 is 0 Å². The zero-order valence-electron chi connectivity index (χ0n) is 8.88. The molecule has 2 aromatic rings. The van der Waals surface area contributed by atoms with Gasteiger partial charge in [-0.2, -0.15) is 5.10 Å². The van der Waals surface area contributed by atoms with E-state index in [-0.39, 0.29) is 0 Å². The van der Waals surface area contributed by atoms with Crippen molar-refractivity contribution in [2.45, 2.75) is 13.5 Å². The van der Waals surface area contributed by atoms with Crippen molar-refractivity contribution in [1.29, 1.82) is 0 Å². The van der Waals surface area contributed by atoms with Crippen molar-refractivity contribution in [3.63, 3.8) is 0 Å². The predicted molar refractivity (Wildman–Crippen MR) is 57.5 cm³/mol. The molecular weight excluding hydrogens is 230 g/mol. The van der Waals surface area contributed by atoms with Gasteiger partial charge in [0.25, 0.3) is 0 Å². The van der Waals surface area contributed by atoms with Crippen molar-refractivity contribution in [3.8, 4) is 0 Å².